The average molecular weight is 250 g/mol. The first-order valence-corrected chi connectivity index (χ1v) is 7.77. The van der Waals surface area contributed by atoms with Crippen molar-refractivity contribution in [1.82, 2.24) is 10.2 Å². The van der Waals surface area contributed by atoms with Crippen molar-refractivity contribution >= 4 is 5.91 Å². The maximum Gasteiger partial charge on any atom is 0.224 e. The van der Waals surface area contributed by atoms with Gasteiger partial charge in [0, 0.05) is 31.6 Å². The molecule has 0 radical (unpaired) electrons. The number of amides is 1. The SMILES string of the molecule is CCC1(CNC2CC(=O)N3CCCCC23)CCC1. The van der Waals surface area contributed by atoms with Crippen LogP contribution < -0.4 is 5.32 Å². The van der Waals surface area contributed by atoms with Gasteiger partial charge in [-0.05, 0) is 43.9 Å². The molecular formula is C15H26N2O. The molecule has 3 aliphatic rings. The van der Waals surface area contributed by atoms with Gasteiger partial charge in [0.05, 0.1) is 0 Å². The van der Waals surface area contributed by atoms with Crippen molar-refractivity contribution in [2.24, 2.45) is 5.41 Å². The van der Waals surface area contributed by atoms with Gasteiger partial charge in [0.1, 0.15) is 0 Å². The van der Waals surface area contributed by atoms with Gasteiger partial charge in [0.2, 0.25) is 5.91 Å². The number of piperidine rings is 1. The highest BCUT2D eigenvalue weighted by Crippen LogP contribution is 2.43. The van der Waals surface area contributed by atoms with Gasteiger partial charge in [-0.1, -0.05) is 13.3 Å². The van der Waals surface area contributed by atoms with Crippen LogP contribution in [0.2, 0.25) is 0 Å². The second-order valence-corrected chi connectivity index (χ2v) is 6.55. The van der Waals surface area contributed by atoms with Crippen molar-refractivity contribution in [2.45, 2.75) is 70.4 Å². The summed E-state index contributed by atoms with van der Waals surface area (Å²) in [5.41, 5.74) is 0.561. The molecule has 18 heavy (non-hydrogen) atoms. The fraction of sp³-hybridized carbons (Fsp3) is 0.933. The van der Waals surface area contributed by atoms with Crippen LogP contribution in [-0.4, -0.2) is 36.0 Å². The second kappa shape index (κ2) is 4.84. The molecule has 0 bridgehead atoms. The second-order valence-electron chi connectivity index (χ2n) is 6.55. The molecule has 2 unspecified atom stereocenters. The zero-order valence-electron chi connectivity index (χ0n) is 11.6. The predicted molar refractivity (Wildman–Crippen MR) is 72.3 cm³/mol. The molecule has 1 N–H and O–H groups in total. The number of carbonyl (C=O) groups is 1. The van der Waals surface area contributed by atoms with E-state index in [2.05, 4.69) is 17.1 Å². The lowest BCUT2D eigenvalue weighted by Gasteiger charge is -2.43. The molecule has 0 aromatic carbocycles. The summed E-state index contributed by atoms with van der Waals surface area (Å²) in [4.78, 5) is 14.1. The van der Waals surface area contributed by atoms with Crippen molar-refractivity contribution in [3.8, 4) is 0 Å². The van der Waals surface area contributed by atoms with E-state index in [0.29, 0.717) is 23.4 Å². The van der Waals surface area contributed by atoms with Crippen molar-refractivity contribution in [3.05, 3.63) is 0 Å². The monoisotopic (exact) mass is 250 g/mol. The Hall–Kier alpha value is -0.570. The molecule has 3 fully saturated rings. The van der Waals surface area contributed by atoms with Crippen molar-refractivity contribution in [3.63, 3.8) is 0 Å². The minimum absolute atomic E-state index is 0.386. The van der Waals surface area contributed by atoms with E-state index in [4.69, 9.17) is 0 Å². The Labute approximate surface area is 110 Å². The number of hydrogen-bond donors (Lipinski definition) is 1. The number of rotatable bonds is 4. The first kappa shape index (κ1) is 12.5. The Morgan fingerprint density at radius 1 is 1.33 bits per heavy atom. The fourth-order valence-corrected chi connectivity index (χ4v) is 4.01. The first-order valence-electron chi connectivity index (χ1n) is 7.77. The van der Waals surface area contributed by atoms with E-state index in [1.54, 1.807) is 0 Å². The quantitative estimate of drug-likeness (QED) is 0.830. The standard InChI is InChI=1S/C15H26N2O/c1-2-15(7-5-8-15)11-16-12-10-14(18)17-9-4-3-6-13(12)17/h12-13,16H,2-11H2,1H3. The Bertz CT molecular complexity index is 319. The number of nitrogens with zero attached hydrogens (tertiary/aromatic N) is 1. The van der Waals surface area contributed by atoms with Crippen LogP contribution >= 0.6 is 0 Å². The Morgan fingerprint density at radius 3 is 2.83 bits per heavy atom. The topological polar surface area (TPSA) is 32.3 Å². The molecule has 2 saturated heterocycles. The molecule has 2 aliphatic heterocycles. The number of hydrogen-bond acceptors (Lipinski definition) is 2. The largest absolute Gasteiger partial charge is 0.338 e. The lowest BCUT2D eigenvalue weighted by Crippen LogP contribution is -2.49. The van der Waals surface area contributed by atoms with Gasteiger partial charge >= 0.3 is 0 Å². The maximum atomic E-state index is 12.0. The smallest absolute Gasteiger partial charge is 0.224 e. The van der Waals surface area contributed by atoms with Crippen LogP contribution in [0.15, 0.2) is 0 Å². The van der Waals surface area contributed by atoms with Crippen molar-refractivity contribution < 1.29 is 4.79 Å². The van der Waals surface area contributed by atoms with E-state index >= 15 is 0 Å². The van der Waals surface area contributed by atoms with E-state index in [1.807, 2.05) is 0 Å². The van der Waals surface area contributed by atoms with Crippen LogP contribution in [0, 0.1) is 5.41 Å². The highest BCUT2D eigenvalue weighted by molar-refractivity contribution is 5.80. The van der Waals surface area contributed by atoms with E-state index < -0.39 is 0 Å². The average Bonchev–Trinajstić information content (AvgIpc) is 2.67. The van der Waals surface area contributed by atoms with Gasteiger partial charge in [-0.15, -0.1) is 0 Å². The van der Waals surface area contributed by atoms with Gasteiger partial charge in [0.15, 0.2) is 0 Å². The third-order valence-corrected chi connectivity index (χ3v) is 5.63. The molecule has 1 amide bonds. The molecule has 2 heterocycles. The molecule has 2 atom stereocenters. The summed E-state index contributed by atoms with van der Waals surface area (Å²) in [6, 6.07) is 0.932. The normalized spacial score (nSPS) is 34.3. The molecule has 102 valence electrons. The lowest BCUT2D eigenvalue weighted by atomic mass is 9.67. The van der Waals surface area contributed by atoms with E-state index in [0.717, 1.165) is 19.5 Å². The van der Waals surface area contributed by atoms with Crippen LogP contribution in [0.4, 0.5) is 0 Å². The maximum absolute atomic E-state index is 12.0. The summed E-state index contributed by atoms with van der Waals surface area (Å²) < 4.78 is 0. The Kier molecular flexibility index (Phi) is 3.35. The van der Waals surface area contributed by atoms with Gasteiger partial charge < -0.3 is 10.2 Å². The summed E-state index contributed by atoms with van der Waals surface area (Å²) in [6.45, 7) is 4.44. The molecule has 0 aromatic heterocycles. The van der Waals surface area contributed by atoms with Crippen LogP contribution in [-0.2, 0) is 4.79 Å². The van der Waals surface area contributed by atoms with Crippen molar-refractivity contribution in [2.75, 3.05) is 13.1 Å². The minimum atomic E-state index is 0.386. The van der Waals surface area contributed by atoms with Crippen LogP contribution in [0.3, 0.4) is 0 Å². The fourth-order valence-electron chi connectivity index (χ4n) is 4.01. The minimum Gasteiger partial charge on any atom is -0.338 e. The zero-order chi connectivity index (χ0) is 12.6. The van der Waals surface area contributed by atoms with Gasteiger partial charge in [-0.25, -0.2) is 0 Å². The summed E-state index contributed by atoms with van der Waals surface area (Å²) in [5, 5.41) is 3.74. The highest BCUT2D eigenvalue weighted by atomic mass is 16.2. The van der Waals surface area contributed by atoms with E-state index in [1.165, 1.54) is 44.9 Å². The lowest BCUT2D eigenvalue weighted by molar-refractivity contribution is -0.129. The summed E-state index contributed by atoms with van der Waals surface area (Å²) in [6.07, 6.45) is 9.90. The molecule has 3 rings (SSSR count). The molecule has 3 nitrogen and oxygen atoms in total. The summed E-state index contributed by atoms with van der Waals surface area (Å²) in [7, 11) is 0. The highest BCUT2D eigenvalue weighted by Gasteiger charge is 2.42. The third-order valence-electron chi connectivity index (χ3n) is 5.63. The molecule has 1 saturated carbocycles. The number of nitrogens with one attached hydrogen (secondary N) is 1. The Balaban J connectivity index is 1.58. The van der Waals surface area contributed by atoms with Gasteiger partial charge in [-0.2, -0.15) is 0 Å². The molecular weight excluding hydrogens is 224 g/mol. The van der Waals surface area contributed by atoms with Crippen molar-refractivity contribution in [1.29, 1.82) is 0 Å². The van der Waals surface area contributed by atoms with Crippen LogP contribution in [0.1, 0.15) is 58.3 Å². The van der Waals surface area contributed by atoms with Crippen LogP contribution in [0.5, 0.6) is 0 Å². The zero-order valence-corrected chi connectivity index (χ0v) is 11.6. The van der Waals surface area contributed by atoms with Gasteiger partial charge in [-0.3, -0.25) is 4.79 Å². The Morgan fingerprint density at radius 2 is 2.17 bits per heavy atom. The summed E-state index contributed by atoms with van der Waals surface area (Å²) in [5.74, 6) is 0.386. The molecule has 0 aromatic rings. The predicted octanol–water partition coefficient (Wildman–Crippen LogP) is 2.31. The molecule has 0 spiro atoms. The number of fused-ring (bicyclic) bond motifs is 1. The van der Waals surface area contributed by atoms with Gasteiger partial charge in [0.25, 0.3) is 0 Å². The molecule has 1 aliphatic carbocycles. The third kappa shape index (κ3) is 2.07. The van der Waals surface area contributed by atoms with E-state index in [9.17, 15) is 4.79 Å². The summed E-state index contributed by atoms with van der Waals surface area (Å²) >= 11 is 0. The molecule has 3 heteroatoms. The number of carbonyl (C=O) groups excluding carboxylic acids is 1. The van der Waals surface area contributed by atoms with E-state index in [-0.39, 0.29) is 0 Å². The van der Waals surface area contributed by atoms with Crippen LogP contribution in [0.25, 0.3) is 0 Å². The first-order chi connectivity index (χ1) is 8.74.